The fourth-order valence-electron chi connectivity index (χ4n) is 3.24. The minimum Gasteiger partial charge on any atom is -0.334 e. The molecule has 0 radical (unpaired) electrons. The van der Waals surface area contributed by atoms with Gasteiger partial charge >= 0.3 is 0 Å². The summed E-state index contributed by atoms with van der Waals surface area (Å²) in [5.41, 5.74) is 4.99. The monoisotopic (exact) mass is 340 g/mol. The van der Waals surface area contributed by atoms with Crippen LogP contribution >= 0.6 is 12.2 Å². The largest absolute Gasteiger partial charge is 0.334 e. The van der Waals surface area contributed by atoms with Crippen molar-refractivity contribution in [2.45, 2.75) is 19.9 Å². The molecule has 4 heteroatoms. The Bertz CT molecular complexity index is 714. The zero-order valence-corrected chi connectivity index (χ0v) is 15.5. The van der Waals surface area contributed by atoms with Crippen LogP contribution in [0.15, 0.2) is 48.5 Å². The van der Waals surface area contributed by atoms with Crippen molar-refractivity contribution in [3.05, 3.63) is 65.2 Å². The topological polar surface area (TPSA) is 19.7 Å². The van der Waals surface area contributed by atoms with E-state index in [2.05, 4.69) is 79.6 Å². The van der Waals surface area contributed by atoms with Gasteiger partial charge in [-0.1, -0.05) is 36.4 Å². The Hall–Kier alpha value is -1.91. The molecule has 1 fully saturated rings. The summed E-state index contributed by atoms with van der Waals surface area (Å²) in [7, 11) is 2.26. The number of rotatable bonds is 2. The highest BCUT2D eigenvalue weighted by Gasteiger charge is 2.30. The van der Waals surface area contributed by atoms with Gasteiger partial charge < -0.3 is 15.1 Å². The first-order valence-electron chi connectivity index (χ1n) is 8.55. The summed E-state index contributed by atoms with van der Waals surface area (Å²) in [6.45, 7) is 7.42. The summed E-state index contributed by atoms with van der Waals surface area (Å²) in [6.07, 6.45) is 0. The number of piperazine rings is 1. The molecule has 2 N–H and O–H groups in total. The van der Waals surface area contributed by atoms with Crippen molar-refractivity contribution in [1.82, 2.24) is 4.90 Å². The van der Waals surface area contributed by atoms with Crippen LogP contribution in [0.4, 0.5) is 5.69 Å². The molecule has 0 aliphatic carbocycles. The van der Waals surface area contributed by atoms with Crippen LogP contribution in [-0.2, 0) is 0 Å². The molecule has 24 heavy (non-hydrogen) atoms. The third-order valence-electron chi connectivity index (χ3n) is 4.90. The van der Waals surface area contributed by atoms with E-state index in [9.17, 15) is 0 Å². The molecule has 1 aliphatic rings. The lowest BCUT2D eigenvalue weighted by Crippen LogP contribution is -3.12. The van der Waals surface area contributed by atoms with E-state index in [-0.39, 0.29) is 0 Å². The van der Waals surface area contributed by atoms with Gasteiger partial charge in [0.05, 0.1) is 20.1 Å². The first-order valence-corrected chi connectivity index (χ1v) is 8.96. The number of thiocarbonyl (C=S) groups is 1. The predicted octanol–water partition coefficient (Wildman–Crippen LogP) is 2.57. The van der Waals surface area contributed by atoms with Gasteiger partial charge in [0.2, 0.25) is 0 Å². The first kappa shape index (κ1) is 16.9. The molecule has 0 spiro atoms. The average molecular weight is 341 g/mol. The third kappa shape index (κ3) is 3.77. The van der Waals surface area contributed by atoms with Crippen molar-refractivity contribution in [3.8, 4) is 0 Å². The summed E-state index contributed by atoms with van der Waals surface area (Å²) in [6, 6.07) is 17.4. The van der Waals surface area contributed by atoms with Gasteiger partial charge in [-0.15, -0.1) is 0 Å². The second kappa shape index (κ2) is 7.32. The Labute approximate surface area is 150 Å². The van der Waals surface area contributed by atoms with Crippen molar-refractivity contribution in [2.75, 3.05) is 32.0 Å². The van der Waals surface area contributed by atoms with Gasteiger partial charge in [-0.05, 0) is 54.9 Å². The van der Waals surface area contributed by atoms with Crippen molar-refractivity contribution >= 4 is 23.0 Å². The van der Waals surface area contributed by atoms with Crippen molar-refractivity contribution in [2.24, 2.45) is 0 Å². The molecule has 1 saturated heterocycles. The smallest absolute Gasteiger partial charge is 0.174 e. The molecule has 0 saturated carbocycles. The summed E-state index contributed by atoms with van der Waals surface area (Å²) in [5, 5.41) is 4.26. The molecular weight excluding hydrogens is 314 g/mol. The molecule has 1 heterocycles. The molecule has 1 aliphatic heterocycles. The van der Waals surface area contributed by atoms with Crippen LogP contribution in [-0.4, -0.2) is 36.7 Å². The summed E-state index contributed by atoms with van der Waals surface area (Å²) < 4.78 is 0. The Morgan fingerprint density at radius 1 is 1.12 bits per heavy atom. The lowest BCUT2D eigenvalue weighted by molar-refractivity contribution is -0.887. The number of nitrogens with zero attached hydrogens (tertiary/aromatic N) is 1. The molecule has 3 rings (SSSR count). The van der Waals surface area contributed by atoms with Gasteiger partial charge in [0.25, 0.3) is 0 Å². The van der Waals surface area contributed by atoms with Gasteiger partial charge in [-0.3, -0.25) is 0 Å². The molecule has 2 atom stereocenters. The Balaban J connectivity index is 1.79. The molecule has 126 valence electrons. The second-order valence-electron chi connectivity index (χ2n) is 6.76. The van der Waals surface area contributed by atoms with Crippen LogP contribution in [0.3, 0.4) is 0 Å². The van der Waals surface area contributed by atoms with Crippen molar-refractivity contribution < 1.29 is 4.90 Å². The molecule has 2 aromatic rings. The lowest BCUT2D eigenvalue weighted by Gasteiger charge is -2.39. The summed E-state index contributed by atoms with van der Waals surface area (Å²) in [5.74, 6) is 0. The maximum absolute atomic E-state index is 5.75. The highest BCUT2D eigenvalue weighted by atomic mass is 32.1. The van der Waals surface area contributed by atoms with E-state index >= 15 is 0 Å². The molecule has 3 nitrogen and oxygen atoms in total. The first-order chi connectivity index (χ1) is 11.5. The highest BCUT2D eigenvalue weighted by molar-refractivity contribution is 7.80. The normalized spacial score (nSPS) is 20.7. The summed E-state index contributed by atoms with van der Waals surface area (Å²) >= 11 is 5.75. The molecule has 0 aromatic heterocycles. The number of nitrogens with one attached hydrogen (secondary N) is 2. The van der Waals surface area contributed by atoms with E-state index < -0.39 is 0 Å². The average Bonchev–Trinajstić information content (AvgIpc) is 2.59. The fraction of sp³-hybridized carbons (Fsp3) is 0.350. The van der Waals surface area contributed by atoms with Gasteiger partial charge in [0.15, 0.2) is 5.11 Å². The second-order valence-corrected chi connectivity index (χ2v) is 7.15. The third-order valence-corrected chi connectivity index (χ3v) is 5.24. The van der Waals surface area contributed by atoms with E-state index in [1.807, 2.05) is 0 Å². The number of quaternary nitrogens is 1. The highest BCUT2D eigenvalue weighted by Crippen LogP contribution is 2.22. The Morgan fingerprint density at radius 3 is 2.58 bits per heavy atom. The van der Waals surface area contributed by atoms with Gasteiger partial charge in [0.1, 0.15) is 12.6 Å². The molecule has 2 aromatic carbocycles. The SMILES string of the molecule is Cc1ccc(NC(=S)N2CC[NH+](C)C[C@H]2c2ccccc2)cc1C. The van der Waals surface area contributed by atoms with Crippen LogP contribution in [0.2, 0.25) is 0 Å². The Morgan fingerprint density at radius 2 is 1.88 bits per heavy atom. The van der Waals surface area contributed by atoms with Crippen LogP contribution in [0.25, 0.3) is 0 Å². The molecular formula is C20H26N3S+. The maximum Gasteiger partial charge on any atom is 0.174 e. The van der Waals surface area contributed by atoms with Crippen molar-refractivity contribution in [1.29, 1.82) is 0 Å². The number of aryl methyl sites for hydroxylation is 2. The number of benzene rings is 2. The number of likely N-dealkylation sites (N-methyl/N-ethyl adjacent to an activating group) is 1. The number of hydrogen-bond acceptors (Lipinski definition) is 1. The van der Waals surface area contributed by atoms with Crippen molar-refractivity contribution in [3.63, 3.8) is 0 Å². The van der Waals surface area contributed by atoms with Gasteiger partial charge in [-0.2, -0.15) is 0 Å². The van der Waals surface area contributed by atoms with Crippen LogP contribution < -0.4 is 10.2 Å². The standard InChI is InChI=1S/C20H25N3S/c1-15-9-10-18(13-16(15)2)21-20(24)23-12-11-22(3)14-19(23)17-7-5-4-6-8-17/h4-10,13,19H,11-12,14H2,1-3H3,(H,21,24)/p+1/t19-/m0/s1. The van der Waals surface area contributed by atoms with E-state index in [0.717, 1.165) is 30.4 Å². The minimum absolute atomic E-state index is 0.325. The number of anilines is 1. The quantitative estimate of drug-likeness (QED) is 0.820. The molecule has 0 amide bonds. The Kier molecular flexibility index (Phi) is 5.17. The van der Waals surface area contributed by atoms with E-state index in [0.29, 0.717) is 6.04 Å². The minimum atomic E-state index is 0.325. The van der Waals surface area contributed by atoms with Gasteiger partial charge in [-0.25, -0.2) is 0 Å². The molecule has 1 unspecified atom stereocenters. The van der Waals surface area contributed by atoms with E-state index in [4.69, 9.17) is 12.2 Å². The lowest BCUT2D eigenvalue weighted by atomic mass is 10.0. The van der Waals surface area contributed by atoms with Crippen LogP contribution in [0.1, 0.15) is 22.7 Å². The van der Waals surface area contributed by atoms with E-state index in [1.165, 1.54) is 16.7 Å². The fourth-order valence-corrected chi connectivity index (χ4v) is 3.58. The predicted molar refractivity (Wildman–Crippen MR) is 105 cm³/mol. The maximum atomic E-state index is 5.75. The molecule has 0 bridgehead atoms. The van der Waals surface area contributed by atoms with E-state index in [1.54, 1.807) is 4.90 Å². The van der Waals surface area contributed by atoms with Crippen LogP contribution in [0, 0.1) is 13.8 Å². The van der Waals surface area contributed by atoms with Gasteiger partial charge in [0, 0.05) is 5.69 Å². The summed E-state index contributed by atoms with van der Waals surface area (Å²) in [4.78, 5) is 3.89. The number of hydrogen-bond donors (Lipinski definition) is 2. The zero-order valence-electron chi connectivity index (χ0n) is 14.7. The van der Waals surface area contributed by atoms with Crippen LogP contribution in [0.5, 0.6) is 0 Å². The zero-order chi connectivity index (χ0) is 17.1.